The molecule has 0 bridgehead atoms. The van der Waals surface area contributed by atoms with E-state index in [0.29, 0.717) is 5.69 Å². The van der Waals surface area contributed by atoms with Gasteiger partial charge in [-0.2, -0.15) is 0 Å². The van der Waals surface area contributed by atoms with Gasteiger partial charge in [-0.15, -0.1) is 11.3 Å². The summed E-state index contributed by atoms with van der Waals surface area (Å²) in [7, 11) is 0. The number of anilines is 3. The molecule has 1 aromatic heterocycles. The predicted octanol–water partition coefficient (Wildman–Crippen LogP) is 4.04. The first-order valence-electron chi connectivity index (χ1n) is 6.65. The quantitative estimate of drug-likeness (QED) is 0.680. The summed E-state index contributed by atoms with van der Waals surface area (Å²) in [5.74, 6) is 0. The first kappa shape index (κ1) is 14.1. The molecular weight excluding hydrogens is 296 g/mol. The minimum Gasteiger partial charge on any atom is -0.351 e. The second kappa shape index (κ2) is 6.28. The van der Waals surface area contributed by atoms with Gasteiger partial charge in [0.1, 0.15) is 0 Å². The molecule has 4 N–H and O–H groups in total. The molecule has 1 heterocycles. The molecule has 5 nitrogen and oxygen atoms in total. The Hall–Kier alpha value is -2.86. The molecule has 110 valence electrons. The molecule has 0 unspecified atom stereocenters. The molecule has 0 fully saturated rings. The molecule has 0 saturated carbocycles. The van der Waals surface area contributed by atoms with Crippen LogP contribution in [-0.2, 0) is 0 Å². The number of nitrogens with one attached hydrogen (secondary N) is 2. The van der Waals surface area contributed by atoms with E-state index >= 15 is 0 Å². The number of carbonyl (C=O) groups is 1. The summed E-state index contributed by atoms with van der Waals surface area (Å²) in [6.07, 6.45) is 0. The summed E-state index contributed by atoms with van der Waals surface area (Å²) < 4.78 is 0. The third-order valence-corrected chi connectivity index (χ3v) is 3.74. The van der Waals surface area contributed by atoms with E-state index < -0.39 is 6.03 Å². The average Bonchev–Trinajstić information content (AvgIpc) is 2.98. The lowest BCUT2D eigenvalue weighted by atomic mass is 10.2. The van der Waals surface area contributed by atoms with Crippen LogP contribution in [-0.4, -0.2) is 11.0 Å². The molecular formula is C16H14N4OS. The minimum atomic E-state index is -0.576. The normalized spacial score (nSPS) is 10.2. The van der Waals surface area contributed by atoms with Gasteiger partial charge in [-0.05, 0) is 24.3 Å². The summed E-state index contributed by atoms with van der Waals surface area (Å²) in [5, 5.41) is 8.59. The molecule has 0 saturated heterocycles. The molecule has 3 aromatic rings. The van der Waals surface area contributed by atoms with Crippen molar-refractivity contribution >= 4 is 33.9 Å². The summed E-state index contributed by atoms with van der Waals surface area (Å²) in [6.45, 7) is 0. The standard InChI is InChI=1S/C16H14N4OS/c17-15(21)18-12-6-8-13(9-7-12)19-16-20-14(10-22-16)11-4-2-1-3-5-11/h1-10H,(H,19,20)(H3,17,18,21). The van der Waals surface area contributed by atoms with Gasteiger partial charge >= 0.3 is 6.03 Å². The van der Waals surface area contributed by atoms with Crippen molar-refractivity contribution in [3.63, 3.8) is 0 Å². The highest BCUT2D eigenvalue weighted by molar-refractivity contribution is 7.14. The van der Waals surface area contributed by atoms with Crippen molar-refractivity contribution in [1.29, 1.82) is 0 Å². The molecule has 0 spiro atoms. The molecule has 0 aliphatic heterocycles. The van der Waals surface area contributed by atoms with Crippen molar-refractivity contribution < 1.29 is 4.79 Å². The van der Waals surface area contributed by atoms with Crippen LogP contribution in [0.15, 0.2) is 60.0 Å². The SMILES string of the molecule is NC(=O)Nc1ccc(Nc2nc(-c3ccccc3)cs2)cc1. The molecule has 22 heavy (non-hydrogen) atoms. The van der Waals surface area contributed by atoms with E-state index in [1.165, 1.54) is 0 Å². The maximum atomic E-state index is 10.8. The molecule has 0 aliphatic carbocycles. The Labute approximate surface area is 131 Å². The maximum Gasteiger partial charge on any atom is 0.316 e. The number of aromatic nitrogens is 1. The van der Waals surface area contributed by atoms with Crippen molar-refractivity contribution in [2.45, 2.75) is 0 Å². The van der Waals surface area contributed by atoms with Crippen LogP contribution in [0, 0.1) is 0 Å². The van der Waals surface area contributed by atoms with Gasteiger partial charge in [0.2, 0.25) is 0 Å². The van der Waals surface area contributed by atoms with Crippen molar-refractivity contribution in [2.75, 3.05) is 10.6 Å². The summed E-state index contributed by atoms with van der Waals surface area (Å²) >= 11 is 1.54. The van der Waals surface area contributed by atoms with E-state index in [0.717, 1.165) is 22.1 Å². The number of hydrogen-bond donors (Lipinski definition) is 3. The summed E-state index contributed by atoms with van der Waals surface area (Å²) in [6, 6.07) is 16.7. The molecule has 3 rings (SSSR count). The third kappa shape index (κ3) is 3.42. The van der Waals surface area contributed by atoms with Crippen molar-refractivity contribution in [3.05, 3.63) is 60.0 Å². The van der Waals surface area contributed by atoms with Crippen LogP contribution < -0.4 is 16.4 Å². The van der Waals surface area contributed by atoms with Gasteiger partial charge in [-0.3, -0.25) is 0 Å². The first-order valence-corrected chi connectivity index (χ1v) is 7.53. The molecule has 6 heteroatoms. The second-order valence-corrected chi connectivity index (χ2v) is 5.45. The number of thiazole rings is 1. The van der Waals surface area contributed by atoms with Crippen LogP contribution in [0.2, 0.25) is 0 Å². The molecule has 0 atom stereocenters. The number of carbonyl (C=O) groups excluding carboxylic acids is 1. The molecule has 2 aromatic carbocycles. The number of rotatable bonds is 4. The Morgan fingerprint density at radius 3 is 2.36 bits per heavy atom. The van der Waals surface area contributed by atoms with Gasteiger partial charge in [0.05, 0.1) is 5.69 Å². The number of hydrogen-bond acceptors (Lipinski definition) is 4. The molecule has 2 amide bonds. The largest absolute Gasteiger partial charge is 0.351 e. The predicted molar refractivity (Wildman–Crippen MR) is 90.5 cm³/mol. The number of amides is 2. The Bertz CT molecular complexity index is 768. The van der Waals surface area contributed by atoms with E-state index in [2.05, 4.69) is 15.6 Å². The average molecular weight is 310 g/mol. The van der Waals surface area contributed by atoms with E-state index in [1.807, 2.05) is 47.8 Å². The van der Waals surface area contributed by atoms with Gasteiger partial charge in [0.15, 0.2) is 5.13 Å². The van der Waals surface area contributed by atoms with E-state index in [4.69, 9.17) is 5.73 Å². The highest BCUT2D eigenvalue weighted by Crippen LogP contribution is 2.27. The fraction of sp³-hybridized carbons (Fsp3) is 0. The van der Waals surface area contributed by atoms with Crippen LogP contribution in [0.1, 0.15) is 0 Å². The number of primary amides is 1. The topological polar surface area (TPSA) is 80.0 Å². The fourth-order valence-electron chi connectivity index (χ4n) is 1.98. The zero-order valence-electron chi connectivity index (χ0n) is 11.6. The zero-order chi connectivity index (χ0) is 15.4. The molecule has 0 aliphatic rings. The number of nitrogens with two attached hydrogens (primary N) is 1. The van der Waals surface area contributed by atoms with Gasteiger partial charge in [0, 0.05) is 22.3 Å². The Kier molecular flexibility index (Phi) is 4.02. The van der Waals surface area contributed by atoms with Gasteiger partial charge < -0.3 is 16.4 Å². The summed E-state index contributed by atoms with van der Waals surface area (Å²) in [5.41, 5.74) is 8.65. The maximum absolute atomic E-state index is 10.8. The smallest absolute Gasteiger partial charge is 0.316 e. The Morgan fingerprint density at radius 1 is 1.00 bits per heavy atom. The highest BCUT2D eigenvalue weighted by Gasteiger charge is 2.04. The fourth-order valence-corrected chi connectivity index (χ4v) is 2.72. The highest BCUT2D eigenvalue weighted by atomic mass is 32.1. The number of nitrogens with zero attached hydrogens (tertiary/aromatic N) is 1. The monoisotopic (exact) mass is 310 g/mol. The van der Waals surface area contributed by atoms with Crippen LogP contribution in [0.5, 0.6) is 0 Å². The Morgan fingerprint density at radius 2 is 1.68 bits per heavy atom. The lowest BCUT2D eigenvalue weighted by Gasteiger charge is -2.05. The third-order valence-electron chi connectivity index (χ3n) is 2.98. The van der Waals surface area contributed by atoms with E-state index in [9.17, 15) is 4.79 Å². The van der Waals surface area contributed by atoms with Crippen molar-refractivity contribution in [3.8, 4) is 11.3 Å². The van der Waals surface area contributed by atoms with Crippen molar-refractivity contribution in [2.24, 2.45) is 5.73 Å². The second-order valence-electron chi connectivity index (χ2n) is 4.60. The first-order chi connectivity index (χ1) is 10.7. The Balaban J connectivity index is 1.71. The van der Waals surface area contributed by atoms with Gasteiger partial charge in [0.25, 0.3) is 0 Å². The van der Waals surface area contributed by atoms with Gasteiger partial charge in [-0.25, -0.2) is 9.78 Å². The van der Waals surface area contributed by atoms with Crippen LogP contribution in [0.3, 0.4) is 0 Å². The van der Waals surface area contributed by atoms with Crippen LogP contribution in [0.25, 0.3) is 11.3 Å². The lowest BCUT2D eigenvalue weighted by Crippen LogP contribution is -2.19. The lowest BCUT2D eigenvalue weighted by molar-refractivity contribution is 0.259. The zero-order valence-corrected chi connectivity index (χ0v) is 12.4. The number of urea groups is 1. The molecule has 0 radical (unpaired) electrons. The minimum absolute atomic E-state index is 0.576. The van der Waals surface area contributed by atoms with E-state index in [1.54, 1.807) is 23.5 Å². The van der Waals surface area contributed by atoms with Crippen LogP contribution in [0.4, 0.5) is 21.3 Å². The van der Waals surface area contributed by atoms with Gasteiger partial charge in [-0.1, -0.05) is 30.3 Å². The van der Waals surface area contributed by atoms with E-state index in [-0.39, 0.29) is 0 Å². The number of benzene rings is 2. The van der Waals surface area contributed by atoms with Crippen molar-refractivity contribution in [1.82, 2.24) is 4.98 Å². The summed E-state index contributed by atoms with van der Waals surface area (Å²) in [4.78, 5) is 15.3. The van der Waals surface area contributed by atoms with Crippen LogP contribution >= 0.6 is 11.3 Å².